The fourth-order valence-corrected chi connectivity index (χ4v) is 2.76. The van der Waals surface area contributed by atoms with Gasteiger partial charge in [0.25, 0.3) is 0 Å². The molecule has 2 unspecified atom stereocenters. The first kappa shape index (κ1) is 8.83. The molecular formula is C10H17N3. The van der Waals surface area contributed by atoms with Crippen LogP contribution in [0.5, 0.6) is 0 Å². The van der Waals surface area contributed by atoms with E-state index in [4.69, 9.17) is 5.26 Å². The van der Waals surface area contributed by atoms with Crippen LogP contribution in [-0.4, -0.2) is 42.0 Å². The van der Waals surface area contributed by atoms with Crippen molar-refractivity contribution in [3.05, 3.63) is 0 Å². The van der Waals surface area contributed by atoms with Crippen LogP contribution < -0.4 is 0 Å². The Hall–Kier alpha value is -0.750. The maximum Gasteiger partial charge on any atom is 0.179 e. The molecule has 3 heteroatoms. The number of nitrogens with zero attached hydrogens (tertiary/aromatic N) is 3. The van der Waals surface area contributed by atoms with E-state index in [1.54, 1.807) is 0 Å². The van der Waals surface area contributed by atoms with E-state index in [1.165, 1.54) is 0 Å². The first-order chi connectivity index (χ1) is 6.31. The van der Waals surface area contributed by atoms with Crippen molar-refractivity contribution in [1.29, 1.82) is 5.26 Å². The molecule has 1 aliphatic carbocycles. The monoisotopic (exact) mass is 179 g/mol. The Morgan fingerprint density at radius 3 is 2.23 bits per heavy atom. The van der Waals surface area contributed by atoms with E-state index in [0.717, 1.165) is 44.1 Å². The molecule has 72 valence electrons. The molecule has 0 spiro atoms. The molecule has 2 rings (SSSR count). The third kappa shape index (κ3) is 1.30. The van der Waals surface area contributed by atoms with Crippen LogP contribution in [0.15, 0.2) is 0 Å². The fraction of sp³-hybridized carbons (Fsp3) is 0.900. The van der Waals surface area contributed by atoms with Gasteiger partial charge in [0.05, 0.1) is 0 Å². The van der Waals surface area contributed by atoms with E-state index in [1.807, 2.05) is 4.90 Å². The standard InChI is InChI=1S/C10H17N3/c1-3-13(4-2)10-8-5-12(7-11)6-9(8)10/h8-10H,3-6H2,1-2H3. The van der Waals surface area contributed by atoms with E-state index < -0.39 is 0 Å². The molecule has 1 aliphatic heterocycles. The van der Waals surface area contributed by atoms with Gasteiger partial charge in [0.2, 0.25) is 0 Å². The van der Waals surface area contributed by atoms with Crippen LogP contribution in [0.2, 0.25) is 0 Å². The van der Waals surface area contributed by atoms with Crippen molar-refractivity contribution in [2.24, 2.45) is 11.8 Å². The Bertz CT molecular complexity index is 217. The highest BCUT2D eigenvalue weighted by molar-refractivity contribution is 5.12. The van der Waals surface area contributed by atoms with Gasteiger partial charge in [-0.05, 0) is 24.9 Å². The highest BCUT2D eigenvalue weighted by atomic mass is 15.3. The summed E-state index contributed by atoms with van der Waals surface area (Å²) in [6, 6.07) is 0.791. The molecule has 0 aromatic heterocycles. The molecule has 1 saturated carbocycles. The van der Waals surface area contributed by atoms with Crippen molar-refractivity contribution in [3.63, 3.8) is 0 Å². The van der Waals surface area contributed by atoms with Gasteiger partial charge in [0.15, 0.2) is 6.19 Å². The number of nitriles is 1. The maximum atomic E-state index is 8.71. The summed E-state index contributed by atoms with van der Waals surface area (Å²) >= 11 is 0. The molecule has 1 heterocycles. The lowest BCUT2D eigenvalue weighted by atomic mass is 10.3. The molecule has 0 aromatic carbocycles. The summed E-state index contributed by atoms with van der Waals surface area (Å²) in [5.41, 5.74) is 0. The van der Waals surface area contributed by atoms with Crippen LogP contribution in [0.1, 0.15) is 13.8 Å². The SMILES string of the molecule is CCN(CC)C1C2CN(C#N)CC21. The Morgan fingerprint density at radius 1 is 1.31 bits per heavy atom. The summed E-state index contributed by atoms with van der Waals surface area (Å²) in [4.78, 5) is 4.43. The molecular weight excluding hydrogens is 162 g/mol. The van der Waals surface area contributed by atoms with Gasteiger partial charge in [-0.1, -0.05) is 13.8 Å². The molecule has 0 bridgehead atoms. The topological polar surface area (TPSA) is 30.3 Å². The minimum atomic E-state index is 0.791. The number of rotatable bonds is 3. The molecule has 1 saturated heterocycles. The van der Waals surface area contributed by atoms with Gasteiger partial charge < -0.3 is 9.80 Å². The average molecular weight is 179 g/mol. The minimum absolute atomic E-state index is 0.791. The van der Waals surface area contributed by atoms with E-state index in [9.17, 15) is 0 Å². The Balaban J connectivity index is 1.88. The normalized spacial score (nSPS) is 36.2. The molecule has 2 aliphatic rings. The smallest absolute Gasteiger partial charge is 0.179 e. The van der Waals surface area contributed by atoms with Crippen LogP contribution in [-0.2, 0) is 0 Å². The molecule has 2 fully saturated rings. The quantitative estimate of drug-likeness (QED) is 0.599. The average Bonchev–Trinajstić information content (AvgIpc) is 2.64. The lowest BCUT2D eigenvalue weighted by Gasteiger charge is -2.22. The summed E-state index contributed by atoms with van der Waals surface area (Å²) in [5.74, 6) is 1.58. The third-order valence-corrected chi connectivity index (χ3v) is 3.52. The molecule has 0 amide bonds. The number of piperidine rings is 1. The largest absolute Gasteiger partial charge is 0.310 e. The van der Waals surface area contributed by atoms with Crippen molar-refractivity contribution < 1.29 is 0 Å². The van der Waals surface area contributed by atoms with Crippen molar-refractivity contribution in [2.45, 2.75) is 19.9 Å². The second kappa shape index (κ2) is 3.19. The molecule has 0 radical (unpaired) electrons. The Labute approximate surface area is 79.9 Å². The number of fused-ring (bicyclic) bond motifs is 1. The molecule has 2 atom stereocenters. The summed E-state index contributed by atoms with van der Waals surface area (Å²) in [6.07, 6.45) is 2.24. The number of hydrogen-bond acceptors (Lipinski definition) is 3. The van der Waals surface area contributed by atoms with Gasteiger partial charge in [-0.25, -0.2) is 0 Å². The van der Waals surface area contributed by atoms with Gasteiger partial charge in [0.1, 0.15) is 0 Å². The number of likely N-dealkylation sites (tertiary alicyclic amines) is 1. The molecule has 0 aromatic rings. The van der Waals surface area contributed by atoms with Gasteiger partial charge in [-0.3, -0.25) is 0 Å². The van der Waals surface area contributed by atoms with E-state index >= 15 is 0 Å². The highest BCUT2D eigenvalue weighted by Crippen LogP contribution is 2.48. The zero-order valence-electron chi connectivity index (χ0n) is 8.40. The van der Waals surface area contributed by atoms with Gasteiger partial charge >= 0.3 is 0 Å². The minimum Gasteiger partial charge on any atom is -0.310 e. The Kier molecular flexibility index (Phi) is 2.17. The van der Waals surface area contributed by atoms with Crippen LogP contribution in [0.25, 0.3) is 0 Å². The third-order valence-electron chi connectivity index (χ3n) is 3.52. The lowest BCUT2D eigenvalue weighted by molar-refractivity contribution is 0.240. The van der Waals surface area contributed by atoms with Gasteiger partial charge in [-0.15, -0.1) is 0 Å². The van der Waals surface area contributed by atoms with Crippen molar-refractivity contribution in [2.75, 3.05) is 26.2 Å². The Morgan fingerprint density at radius 2 is 1.85 bits per heavy atom. The van der Waals surface area contributed by atoms with Crippen LogP contribution in [0, 0.1) is 23.3 Å². The van der Waals surface area contributed by atoms with Crippen molar-refractivity contribution in [3.8, 4) is 6.19 Å². The zero-order chi connectivity index (χ0) is 9.42. The summed E-state index contributed by atoms with van der Waals surface area (Å²) in [7, 11) is 0. The zero-order valence-corrected chi connectivity index (χ0v) is 8.40. The first-order valence-electron chi connectivity index (χ1n) is 5.20. The summed E-state index contributed by atoms with van der Waals surface area (Å²) < 4.78 is 0. The van der Waals surface area contributed by atoms with E-state index in [-0.39, 0.29) is 0 Å². The lowest BCUT2D eigenvalue weighted by Crippen LogP contribution is -2.33. The predicted molar refractivity (Wildman–Crippen MR) is 50.9 cm³/mol. The van der Waals surface area contributed by atoms with Crippen LogP contribution >= 0.6 is 0 Å². The van der Waals surface area contributed by atoms with Crippen LogP contribution in [0.3, 0.4) is 0 Å². The van der Waals surface area contributed by atoms with Crippen molar-refractivity contribution >= 4 is 0 Å². The molecule has 3 nitrogen and oxygen atoms in total. The number of hydrogen-bond donors (Lipinski definition) is 0. The summed E-state index contributed by atoms with van der Waals surface area (Å²) in [6.45, 7) is 8.76. The van der Waals surface area contributed by atoms with Crippen molar-refractivity contribution in [1.82, 2.24) is 9.80 Å². The fourth-order valence-electron chi connectivity index (χ4n) is 2.76. The predicted octanol–water partition coefficient (Wildman–Crippen LogP) is 0.739. The molecule has 0 N–H and O–H groups in total. The van der Waals surface area contributed by atoms with E-state index in [2.05, 4.69) is 24.9 Å². The van der Waals surface area contributed by atoms with Gasteiger partial charge in [0, 0.05) is 19.1 Å². The summed E-state index contributed by atoms with van der Waals surface area (Å²) in [5, 5.41) is 8.71. The van der Waals surface area contributed by atoms with Crippen LogP contribution in [0.4, 0.5) is 0 Å². The highest BCUT2D eigenvalue weighted by Gasteiger charge is 2.57. The second-order valence-electron chi connectivity index (χ2n) is 4.04. The second-order valence-corrected chi connectivity index (χ2v) is 4.04. The van der Waals surface area contributed by atoms with Gasteiger partial charge in [-0.2, -0.15) is 5.26 Å². The molecule has 13 heavy (non-hydrogen) atoms. The first-order valence-corrected chi connectivity index (χ1v) is 5.20. The maximum absolute atomic E-state index is 8.71. The van der Waals surface area contributed by atoms with E-state index in [0.29, 0.717) is 0 Å².